The molecule has 0 amide bonds. The third-order valence-electron chi connectivity index (χ3n) is 6.30. The highest BCUT2D eigenvalue weighted by atomic mass is 19.1. The van der Waals surface area contributed by atoms with E-state index in [1.807, 2.05) is 38.1 Å². The molecule has 3 aromatic rings. The average Bonchev–Trinajstić information content (AvgIpc) is 3.07. The zero-order valence-electron chi connectivity index (χ0n) is 18.8. The van der Waals surface area contributed by atoms with Crippen LogP contribution in [0.4, 0.5) is 4.39 Å². The van der Waals surface area contributed by atoms with E-state index < -0.39 is 5.82 Å². The zero-order chi connectivity index (χ0) is 22.6. The van der Waals surface area contributed by atoms with Gasteiger partial charge < -0.3 is 4.57 Å². The highest BCUT2D eigenvalue weighted by Crippen LogP contribution is 2.41. The molecule has 0 spiro atoms. The maximum atomic E-state index is 13.6. The Hall–Kier alpha value is -3.00. The van der Waals surface area contributed by atoms with Gasteiger partial charge in [-0.15, -0.1) is 0 Å². The lowest BCUT2D eigenvalue weighted by Gasteiger charge is -2.41. The van der Waals surface area contributed by atoms with E-state index >= 15 is 0 Å². The molecule has 0 saturated heterocycles. The summed E-state index contributed by atoms with van der Waals surface area (Å²) in [5.74, 6) is 1.10. The zero-order valence-corrected chi connectivity index (χ0v) is 18.8. The minimum absolute atomic E-state index is 0.0728. The van der Waals surface area contributed by atoms with Crippen molar-refractivity contribution >= 4 is 16.8 Å². The molecule has 0 bridgehead atoms. The number of aromatic nitrogens is 2. The fraction of sp³-hybridized carbons (Fsp3) is 0.423. The minimum atomic E-state index is -0.492. The highest BCUT2D eigenvalue weighted by Gasteiger charge is 2.36. The Morgan fingerprint density at radius 3 is 2.52 bits per heavy atom. The third kappa shape index (κ3) is 4.85. The number of nitriles is 1. The maximum Gasteiger partial charge on any atom is 0.143 e. The van der Waals surface area contributed by atoms with Gasteiger partial charge in [-0.25, -0.2) is 9.37 Å². The van der Waals surface area contributed by atoms with E-state index in [4.69, 9.17) is 5.26 Å². The van der Waals surface area contributed by atoms with Crippen LogP contribution in [0.3, 0.4) is 0 Å². The van der Waals surface area contributed by atoms with Crippen molar-refractivity contribution in [2.45, 2.75) is 71.3 Å². The molecule has 1 aliphatic carbocycles. The second kappa shape index (κ2) is 9.43. The molecule has 5 heteroatoms. The van der Waals surface area contributed by atoms with Gasteiger partial charge in [0, 0.05) is 24.4 Å². The van der Waals surface area contributed by atoms with Gasteiger partial charge in [0.2, 0.25) is 0 Å². The standard InChI is InChI=1S/C14H14FN3.C12H16O/c1-9-17-12-7-11(15)10(8-16)6-13(12)18(9)14(2)4-3-5-14;1-3-12(13)9-10(2)11-7-5-4-6-8-11/h6-7H,3-5H2,1-2H3;4-8,10H,3,9H2,1-2H3. The molecular weight excluding hydrogens is 389 g/mol. The van der Waals surface area contributed by atoms with Gasteiger partial charge in [0.05, 0.1) is 16.6 Å². The van der Waals surface area contributed by atoms with Crippen molar-refractivity contribution < 1.29 is 9.18 Å². The van der Waals surface area contributed by atoms with Crippen LogP contribution in [0, 0.1) is 24.1 Å². The number of aryl methyl sites for hydroxylation is 1. The average molecular weight is 420 g/mol. The number of rotatable bonds is 5. The van der Waals surface area contributed by atoms with Gasteiger partial charge in [0.25, 0.3) is 0 Å². The highest BCUT2D eigenvalue weighted by molar-refractivity contribution is 5.79. The van der Waals surface area contributed by atoms with Crippen LogP contribution in [0.25, 0.3) is 11.0 Å². The summed E-state index contributed by atoms with van der Waals surface area (Å²) >= 11 is 0. The number of imidazole rings is 1. The van der Waals surface area contributed by atoms with E-state index in [0.29, 0.717) is 30.1 Å². The number of carbonyl (C=O) groups excluding carboxylic acids is 1. The molecule has 0 radical (unpaired) electrons. The van der Waals surface area contributed by atoms with Crippen molar-refractivity contribution in [2.75, 3.05) is 0 Å². The van der Waals surface area contributed by atoms with Crippen molar-refractivity contribution in [3.05, 3.63) is 65.2 Å². The third-order valence-corrected chi connectivity index (χ3v) is 6.30. The van der Waals surface area contributed by atoms with Gasteiger partial charge in [-0.05, 0) is 50.7 Å². The van der Waals surface area contributed by atoms with E-state index in [9.17, 15) is 9.18 Å². The lowest BCUT2D eigenvalue weighted by Crippen LogP contribution is -2.37. The summed E-state index contributed by atoms with van der Waals surface area (Å²) in [5.41, 5.74) is 2.92. The van der Waals surface area contributed by atoms with E-state index in [-0.39, 0.29) is 11.1 Å². The smallest absolute Gasteiger partial charge is 0.143 e. The van der Waals surface area contributed by atoms with Crippen molar-refractivity contribution in [2.24, 2.45) is 0 Å². The summed E-state index contributed by atoms with van der Waals surface area (Å²) in [5, 5.41) is 8.93. The quantitative estimate of drug-likeness (QED) is 0.480. The maximum absolute atomic E-state index is 13.6. The molecule has 1 atom stereocenters. The molecule has 2 aromatic carbocycles. The van der Waals surface area contributed by atoms with Crippen molar-refractivity contribution in [1.29, 1.82) is 5.26 Å². The molecule has 4 nitrogen and oxygen atoms in total. The van der Waals surface area contributed by atoms with Crippen LogP contribution in [-0.2, 0) is 10.3 Å². The Morgan fingerprint density at radius 1 is 1.29 bits per heavy atom. The molecule has 1 unspecified atom stereocenters. The summed E-state index contributed by atoms with van der Waals surface area (Å²) in [7, 11) is 0. The lowest BCUT2D eigenvalue weighted by atomic mass is 9.78. The fourth-order valence-electron chi connectivity index (χ4n) is 4.28. The van der Waals surface area contributed by atoms with Gasteiger partial charge in [0.15, 0.2) is 0 Å². The molecular formula is C26H30FN3O. The van der Waals surface area contributed by atoms with Gasteiger partial charge >= 0.3 is 0 Å². The van der Waals surface area contributed by atoms with E-state index in [1.165, 1.54) is 18.1 Å². The summed E-state index contributed by atoms with van der Waals surface area (Å²) in [6.45, 7) is 8.15. The SMILES string of the molecule is CCC(=O)CC(C)c1ccccc1.Cc1nc2cc(F)c(C#N)cc2n1C1(C)CCC1. The van der Waals surface area contributed by atoms with Crippen LogP contribution in [0.2, 0.25) is 0 Å². The Bertz CT molecular complexity index is 1110. The van der Waals surface area contributed by atoms with Crippen LogP contribution in [0.15, 0.2) is 42.5 Å². The van der Waals surface area contributed by atoms with Gasteiger partial charge in [0.1, 0.15) is 23.5 Å². The topological polar surface area (TPSA) is 58.7 Å². The van der Waals surface area contributed by atoms with Gasteiger partial charge in [-0.1, -0.05) is 44.2 Å². The molecule has 0 N–H and O–H groups in total. The summed E-state index contributed by atoms with van der Waals surface area (Å²) in [6, 6.07) is 15.1. The predicted octanol–water partition coefficient (Wildman–Crippen LogP) is 6.41. The molecule has 1 heterocycles. The molecule has 1 fully saturated rings. The van der Waals surface area contributed by atoms with E-state index in [1.54, 1.807) is 6.07 Å². The van der Waals surface area contributed by atoms with Crippen LogP contribution in [0.5, 0.6) is 0 Å². The predicted molar refractivity (Wildman–Crippen MR) is 121 cm³/mol. The summed E-state index contributed by atoms with van der Waals surface area (Å²) in [6.07, 6.45) is 4.75. The van der Waals surface area contributed by atoms with Crippen LogP contribution >= 0.6 is 0 Å². The molecule has 1 aromatic heterocycles. The Morgan fingerprint density at radius 2 is 1.97 bits per heavy atom. The number of nitrogens with zero attached hydrogens (tertiary/aromatic N) is 3. The first kappa shape index (κ1) is 22.7. The molecule has 162 valence electrons. The number of fused-ring (bicyclic) bond motifs is 1. The van der Waals surface area contributed by atoms with E-state index in [2.05, 4.69) is 35.5 Å². The number of halogens is 1. The number of hydrogen-bond acceptors (Lipinski definition) is 3. The second-order valence-electron chi connectivity index (χ2n) is 8.69. The van der Waals surface area contributed by atoms with Crippen molar-refractivity contribution in [3.63, 3.8) is 0 Å². The first-order valence-corrected chi connectivity index (χ1v) is 10.9. The number of carbonyl (C=O) groups is 1. The summed E-state index contributed by atoms with van der Waals surface area (Å²) in [4.78, 5) is 15.6. The second-order valence-corrected chi connectivity index (χ2v) is 8.69. The number of benzene rings is 2. The molecule has 0 aliphatic heterocycles. The fourth-order valence-corrected chi connectivity index (χ4v) is 4.28. The first-order chi connectivity index (χ1) is 14.8. The number of ketones is 1. The lowest BCUT2D eigenvalue weighted by molar-refractivity contribution is -0.119. The van der Waals surface area contributed by atoms with Gasteiger partial charge in [-0.3, -0.25) is 4.79 Å². The van der Waals surface area contributed by atoms with Crippen molar-refractivity contribution in [3.8, 4) is 6.07 Å². The van der Waals surface area contributed by atoms with Crippen LogP contribution < -0.4 is 0 Å². The van der Waals surface area contributed by atoms with Crippen LogP contribution in [-0.4, -0.2) is 15.3 Å². The molecule has 4 rings (SSSR count). The largest absolute Gasteiger partial charge is 0.322 e. The molecule has 1 aliphatic rings. The molecule has 31 heavy (non-hydrogen) atoms. The normalized spacial score (nSPS) is 15.4. The Balaban J connectivity index is 0.000000187. The monoisotopic (exact) mass is 419 g/mol. The Labute approximate surface area is 183 Å². The molecule has 1 saturated carbocycles. The first-order valence-electron chi connectivity index (χ1n) is 10.9. The number of hydrogen-bond donors (Lipinski definition) is 0. The minimum Gasteiger partial charge on any atom is -0.322 e. The van der Waals surface area contributed by atoms with Crippen LogP contribution in [0.1, 0.15) is 75.7 Å². The van der Waals surface area contributed by atoms with Crippen molar-refractivity contribution in [1.82, 2.24) is 9.55 Å². The Kier molecular flexibility index (Phi) is 6.90. The van der Waals surface area contributed by atoms with Gasteiger partial charge in [-0.2, -0.15) is 5.26 Å². The number of Topliss-reactive ketones (excluding diaryl/α,β-unsaturated/α-hetero) is 1. The summed E-state index contributed by atoms with van der Waals surface area (Å²) < 4.78 is 15.7. The van der Waals surface area contributed by atoms with E-state index in [0.717, 1.165) is 24.2 Å².